The van der Waals surface area contributed by atoms with E-state index in [2.05, 4.69) is 10.3 Å². The smallest absolute Gasteiger partial charge is 0.335 e. The second-order valence-electron chi connectivity index (χ2n) is 4.81. The van der Waals surface area contributed by atoms with Crippen LogP contribution in [0.15, 0.2) is 46.8 Å². The number of rotatable bonds is 5. The number of amides is 1. The van der Waals surface area contributed by atoms with Crippen LogP contribution in [-0.2, 0) is 4.79 Å². The molecule has 3 aromatic rings. The van der Waals surface area contributed by atoms with Crippen molar-refractivity contribution in [1.82, 2.24) is 4.98 Å². The molecule has 1 heterocycles. The van der Waals surface area contributed by atoms with Crippen LogP contribution in [0.25, 0.3) is 10.2 Å². The molecule has 0 fully saturated rings. The van der Waals surface area contributed by atoms with Gasteiger partial charge in [-0.25, -0.2) is 9.78 Å². The summed E-state index contributed by atoms with van der Waals surface area (Å²) in [6, 6.07) is 11.6. The van der Waals surface area contributed by atoms with Gasteiger partial charge >= 0.3 is 5.97 Å². The quantitative estimate of drug-likeness (QED) is 0.644. The van der Waals surface area contributed by atoms with Crippen molar-refractivity contribution in [2.24, 2.45) is 0 Å². The van der Waals surface area contributed by atoms with Gasteiger partial charge in [0.05, 0.1) is 21.5 Å². The SMILES string of the molecule is O=C(CSc1nc2cc(Cl)ccc2s1)Nc1cccc(C(=O)O)c1. The Morgan fingerprint density at radius 3 is 2.88 bits per heavy atom. The molecule has 2 N–H and O–H groups in total. The van der Waals surface area contributed by atoms with Crippen LogP contribution in [0.3, 0.4) is 0 Å². The van der Waals surface area contributed by atoms with E-state index in [0.717, 1.165) is 14.6 Å². The number of halogens is 1. The number of carboxylic acid groups (broad SMARTS) is 1. The van der Waals surface area contributed by atoms with E-state index >= 15 is 0 Å². The normalized spacial score (nSPS) is 10.7. The van der Waals surface area contributed by atoms with E-state index < -0.39 is 5.97 Å². The number of hydrogen-bond acceptors (Lipinski definition) is 5. The van der Waals surface area contributed by atoms with Gasteiger partial charge in [-0.2, -0.15) is 0 Å². The fourth-order valence-corrected chi connectivity index (χ4v) is 4.01. The maximum atomic E-state index is 12.0. The van der Waals surface area contributed by atoms with E-state index in [4.69, 9.17) is 16.7 Å². The molecular weight excluding hydrogens is 368 g/mol. The number of anilines is 1. The third-order valence-electron chi connectivity index (χ3n) is 3.05. The van der Waals surface area contributed by atoms with Gasteiger partial charge in [-0.15, -0.1) is 11.3 Å². The summed E-state index contributed by atoms with van der Waals surface area (Å²) in [7, 11) is 0. The number of carbonyl (C=O) groups excluding carboxylic acids is 1. The van der Waals surface area contributed by atoms with Crippen molar-refractivity contribution in [3.05, 3.63) is 53.1 Å². The molecule has 8 heteroatoms. The first-order valence-corrected chi connectivity index (χ1v) is 9.01. The lowest BCUT2D eigenvalue weighted by Gasteiger charge is -2.05. The second kappa shape index (κ2) is 7.21. The number of thioether (sulfide) groups is 1. The molecular formula is C16H11ClN2O3S2. The van der Waals surface area contributed by atoms with Gasteiger partial charge < -0.3 is 10.4 Å². The number of hydrogen-bond donors (Lipinski definition) is 2. The zero-order valence-electron chi connectivity index (χ0n) is 12.2. The van der Waals surface area contributed by atoms with Gasteiger partial charge in [0.15, 0.2) is 4.34 Å². The minimum Gasteiger partial charge on any atom is -0.478 e. The Morgan fingerprint density at radius 2 is 2.08 bits per heavy atom. The molecule has 0 saturated carbocycles. The van der Waals surface area contributed by atoms with Crippen LogP contribution in [0.1, 0.15) is 10.4 Å². The summed E-state index contributed by atoms with van der Waals surface area (Å²) in [6.45, 7) is 0. The van der Waals surface area contributed by atoms with E-state index in [1.54, 1.807) is 24.3 Å². The van der Waals surface area contributed by atoms with Crippen molar-refractivity contribution in [3.63, 3.8) is 0 Å². The largest absolute Gasteiger partial charge is 0.478 e. The number of carboxylic acids is 1. The van der Waals surface area contributed by atoms with Crippen LogP contribution in [-0.4, -0.2) is 27.7 Å². The number of aromatic carboxylic acids is 1. The maximum absolute atomic E-state index is 12.0. The van der Waals surface area contributed by atoms with Gasteiger partial charge in [0.25, 0.3) is 0 Å². The number of carbonyl (C=O) groups is 2. The zero-order valence-corrected chi connectivity index (χ0v) is 14.5. The number of fused-ring (bicyclic) bond motifs is 1. The summed E-state index contributed by atoms with van der Waals surface area (Å²) < 4.78 is 1.79. The highest BCUT2D eigenvalue weighted by Crippen LogP contribution is 2.31. The third kappa shape index (κ3) is 4.05. The Morgan fingerprint density at radius 1 is 1.25 bits per heavy atom. The lowest BCUT2D eigenvalue weighted by Crippen LogP contribution is -2.14. The highest BCUT2D eigenvalue weighted by atomic mass is 35.5. The first-order chi connectivity index (χ1) is 11.5. The standard InChI is InChI=1S/C16H11ClN2O3S2/c17-10-4-5-13-12(7-10)19-16(24-13)23-8-14(20)18-11-3-1-2-9(6-11)15(21)22/h1-7H,8H2,(H,18,20)(H,21,22). The number of aromatic nitrogens is 1. The molecule has 0 bridgehead atoms. The highest BCUT2D eigenvalue weighted by molar-refractivity contribution is 8.01. The molecule has 0 radical (unpaired) electrons. The molecule has 5 nitrogen and oxygen atoms in total. The van der Waals surface area contributed by atoms with Crippen molar-refractivity contribution in [2.75, 3.05) is 11.1 Å². The molecule has 0 unspecified atom stereocenters. The Bertz CT molecular complexity index is 927. The molecule has 0 aliphatic rings. The van der Waals surface area contributed by atoms with Crippen LogP contribution in [0.5, 0.6) is 0 Å². The topological polar surface area (TPSA) is 79.3 Å². The summed E-state index contributed by atoms with van der Waals surface area (Å²) in [4.78, 5) is 27.4. The summed E-state index contributed by atoms with van der Waals surface area (Å²) in [5.74, 6) is -1.07. The molecule has 0 aliphatic heterocycles. The number of thiazole rings is 1. The molecule has 2 aromatic carbocycles. The average molecular weight is 379 g/mol. The van der Waals surface area contributed by atoms with E-state index in [-0.39, 0.29) is 17.2 Å². The number of nitrogens with zero attached hydrogens (tertiary/aromatic N) is 1. The van der Waals surface area contributed by atoms with Crippen LogP contribution in [0.2, 0.25) is 5.02 Å². The molecule has 1 amide bonds. The van der Waals surface area contributed by atoms with Crippen LogP contribution >= 0.6 is 34.7 Å². The lowest BCUT2D eigenvalue weighted by molar-refractivity contribution is -0.113. The lowest BCUT2D eigenvalue weighted by atomic mass is 10.2. The molecule has 24 heavy (non-hydrogen) atoms. The zero-order chi connectivity index (χ0) is 17.1. The molecule has 0 spiro atoms. The van der Waals surface area contributed by atoms with Crippen molar-refractivity contribution in [1.29, 1.82) is 0 Å². The molecule has 1 aromatic heterocycles. The minimum absolute atomic E-state index is 0.128. The Balaban J connectivity index is 1.62. The highest BCUT2D eigenvalue weighted by Gasteiger charge is 2.10. The minimum atomic E-state index is -1.03. The second-order valence-corrected chi connectivity index (χ2v) is 7.50. The fraction of sp³-hybridized carbons (Fsp3) is 0.0625. The Labute approximate surface area is 150 Å². The number of benzene rings is 2. The van der Waals surface area contributed by atoms with Crippen molar-refractivity contribution < 1.29 is 14.7 Å². The first kappa shape index (κ1) is 16.8. The third-order valence-corrected chi connectivity index (χ3v) is 5.46. The Hall–Kier alpha value is -2.09. The van der Waals surface area contributed by atoms with Gasteiger partial charge in [-0.05, 0) is 36.4 Å². The van der Waals surface area contributed by atoms with Gasteiger partial charge in [-0.3, -0.25) is 4.79 Å². The molecule has 3 rings (SSSR count). The van der Waals surface area contributed by atoms with E-state index in [0.29, 0.717) is 10.7 Å². The van der Waals surface area contributed by atoms with Gasteiger partial charge in [0.2, 0.25) is 5.91 Å². The molecule has 0 atom stereocenters. The summed E-state index contributed by atoms with van der Waals surface area (Å²) in [6.07, 6.45) is 0. The van der Waals surface area contributed by atoms with E-state index in [1.165, 1.54) is 35.2 Å². The van der Waals surface area contributed by atoms with Crippen LogP contribution in [0.4, 0.5) is 5.69 Å². The van der Waals surface area contributed by atoms with Crippen molar-refractivity contribution in [2.45, 2.75) is 4.34 Å². The van der Waals surface area contributed by atoms with E-state index in [9.17, 15) is 9.59 Å². The Kier molecular flexibility index (Phi) is 5.03. The molecule has 122 valence electrons. The summed E-state index contributed by atoms with van der Waals surface area (Å²) >= 11 is 8.75. The fourth-order valence-electron chi connectivity index (χ4n) is 2.00. The predicted octanol–water partition coefficient (Wildman–Crippen LogP) is 4.38. The van der Waals surface area contributed by atoms with Gasteiger partial charge in [0.1, 0.15) is 0 Å². The number of nitrogens with one attached hydrogen (secondary N) is 1. The molecule has 0 aliphatic carbocycles. The van der Waals surface area contributed by atoms with Crippen molar-refractivity contribution in [3.8, 4) is 0 Å². The van der Waals surface area contributed by atoms with Gasteiger partial charge in [-0.1, -0.05) is 29.4 Å². The average Bonchev–Trinajstić information content (AvgIpc) is 2.95. The van der Waals surface area contributed by atoms with E-state index in [1.807, 2.05) is 6.07 Å². The van der Waals surface area contributed by atoms with Crippen LogP contribution in [0, 0.1) is 0 Å². The molecule has 0 saturated heterocycles. The first-order valence-electron chi connectivity index (χ1n) is 6.83. The van der Waals surface area contributed by atoms with Gasteiger partial charge in [0, 0.05) is 10.7 Å². The summed E-state index contributed by atoms with van der Waals surface area (Å²) in [5, 5.41) is 12.3. The maximum Gasteiger partial charge on any atom is 0.335 e. The monoisotopic (exact) mass is 378 g/mol. The van der Waals surface area contributed by atoms with Crippen molar-refractivity contribution >= 4 is 62.5 Å². The summed E-state index contributed by atoms with van der Waals surface area (Å²) in [5.41, 5.74) is 1.39. The predicted molar refractivity (Wildman–Crippen MR) is 97.4 cm³/mol. The van der Waals surface area contributed by atoms with Crippen LogP contribution < -0.4 is 5.32 Å².